The molecule has 0 saturated heterocycles. The molecule has 2 aromatic rings. The van der Waals surface area contributed by atoms with Crippen molar-refractivity contribution in [3.05, 3.63) is 70.5 Å². The van der Waals surface area contributed by atoms with Crippen LogP contribution in [0.1, 0.15) is 23.6 Å². The van der Waals surface area contributed by atoms with E-state index in [-0.39, 0.29) is 11.1 Å². The topological polar surface area (TPSA) is 20.2 Å². The molecule has 1 nitrogen and oxygen atoms in total. The molecule has 0 aliphatic heterocycles. The van der Waals surface area contributed by atoms with Gasteiger partial charge in [0.2, 0.25) is 0 Å². The highest BCUT2D eigenvalue weighted by Crippen LogP contribution is 2.32. The Kier molecular flexibility index (Phi) is 3.37. The highest BCUT2D eigenvalue weighted by atomic mass is 19.1. The Bertz CT molecular complexity index is 601. The van der Waals surface area contributed by atoms with Gasteiger partial charge in [-0.2, -0.15) is 0 Å². The molecule has 1 N–H and O–H groups in total. The van der Waals surface area contributed by atoms with Crippen molar-refractivity contribution in [1.82, 2.24) is 0 Å². The smallest absolute Gasteiger partial charge is 0.129 e. The molecule has 0 aromatic heterocycles. The molecule has 0 radical (unpaired) electrons. The molecule has 1 atom stereocenters. The third-order valence-corrected chi connectivity index (χ3v) is 3.07. The second-order valence-electron chi connectivity index (χ2n) is 4.71. The summed E-state index contributed by atoms with van der Waals surface area (Å²) in [4.78, 5) is 0. The summed E-state index contributed by atoms with van der Waals surface area (Å²) in [7, 11) is 0. The van der Waals surface area contributed by atoms with Gasteiger partial charge in [-0.1, -0.05) is 11.6 Å². The maximum atomic E-state index is 13.8. The summed E-state index contributed by atoms with van der Waals surface area (Å²) in [6, 6.07) is 6.91. The van der Waals surface area contributed by atoms with Gasteiger partial charge in [-0.15, -0.1) is 0 Å². The monoisotopic (exact) mass is 266 g/mol. The number of aliphatic hydroxyl groups is 1. The third kappa shape index (κ3) is 2.63. The fraction of sp³-hybridized carbons (Fsp3) is 0.200. The minimum atomic E-state index is -1.81. The number of halogens is 3. The van der Waals surface area contributed by atoms with E-state index in [4.69, 9.17) is 0 Å². The summed E-state index contributed by atoms with van der Waals surface area (Å²) in [5.74, 6) is -2.26. The molecule has 1 unspecified atom stereocenters. The van der Waals surface area contributed by atoms with Crippen LogP contribution >= 0.6 is 0 Å². The largest absolute Gasteiger partial charge is 0.381 e. The fourth-order valence-corrected chi connectivity index (χ4v) is 2.00. The summed E-state index contributed by atoms with van der Waals surface area (Å²) < 4.78 is 40.2. The molecule has 0 fully saturated rings. The number of aryl methyl sites for hydroxylation is 1. The van der Waals surface area contributed by atoms with Crippen LogP contribution in [0.3, 0.4) is 0 Å². The molecule has 100 valence electrons. The lowest BCUT2D eigenvalue weighted by atomic mass is 9.87. The van der Waals surface area contributed by atoms with Crippen molar-refractivity contribution < 1.29 is 18.3 Å². The fourth-order valence-electron chi connectivity index (χ4n) is 2.00. The number of hydrogen-bond acceptors (Lipinski definition) is 1. The summed E-state index contributed by atoms with van der Waals surface area (Å²) in [5.41, 5.74) is -1.11. The maximum Gasteiger partial charge on any atom is 0.129 e. The van der Waals surface area contributed by atoms with Crippen molar-refractivity contribution in [2.45, 2.75) is 19.4 Å². The standard InChI is InChI=1S/C15H13F3O/c1-9-3-4-14(18)13(5-9)15(2,19)10-6-11(16)8-12(17)7-10/h3-8,19H,1-2H3. The van der Waals surface area contributed by atoms with E-state index in [2.05, 4.69) is 0 Å². The summed E-state index contributed by atoms with van der Waals surface area (Å²) in [6.07, 6.45) is 0. The van der Waals surface area contributed by atoms with Crippen molar-refractivity contribution in [3.8, 4) is 0 Å². The quantitative estimate of drug-likeness (QED) is 0.879. The van der Waals surface area contributed by atoms with Crippen LogP contribution in [0.5, 0.6) is 0 Å². The van der Waals surface area contributed by atoms with Gasteiger partial charge in [-0.05, 0) is 43.7 Å². The van der Waals surface area contributed by atoms with Gasteiger partial charge in [0, 0.05) is 11.6 Å². The van der Waals surface area contributed by atoms with Crippen molar-refractivity contribution in [2.24, 2.45) is 0 Å². The van der Waals surface area contributed by atoms with Gasteiger partial charge in [-0.25, -0.2) is 13.2 Å². The molecule has 0 bridgehead atoms. The Labute approximate surface area is 109 Å². The first kappa shape index (κ1) is 13.6. The predicted octanol–water partition coefficient (Wildman–Crippen LogP) is 3.67. The molecule has 0 heterocycles. The van der Waals surface area contributed by atoms with Crippen LogP contribution in [0, 0.1) is 24.4 Å². The molecule has 0 amide bonds. The Balaban J connectivity index is 2.60. The molecule has 2 rings (SSSR count). The molecule has 0 aliphatic carbocycles. The van der Waals surface area contributed by atoms with Gasteiger partial charge in [0.25, 0.3) is 0 Å². The second kappa shape index (κ2) is 4.70. The van der Waals surface area contributed by atoms with Crippen LogP contribution in [0.4, 0.5) is 13.2 Å². The first-order valence-corrected chi connectivity index (χ1v) is 5.76. The average Bonchev–Trinajstić information content (AvgIpc) is 2.31. The maximum absolute atomic E-state index is 13.8. The lowest BCUT2D eigenvalue weighted by molar-refractivity contribution is 0.0971. The Hall–Kier alpha value is -1.81. The zero-order valence-electron chi connectivity index (χ0n) is 10.5. The van der Waals surface area contributed by atoms with Crippen molar-refractivity contribution >= 4 is 0 Å². The molecule has 0 saturated carbocycles. The van der Waals surface area contributed by atoms with Crippen LogP contribution in [-0.2, 0) is 5.60 Å². The average molecular weight is 266 g/mol. The first-order valence-electron chi connectivity index (χ1n) is 5.76. The van der Waals surface area contributed by atoms with Gasteiger partial charge in [0.05, 0.1) is 0 Å². The van der Waals surface area contributed by atoms with Gasteiger partial charge < -0.3 is 5.11 Å². The third-order valence-electron chi connectivity index (χ3n) is 3.07. The predicted molar refractivity (Wildman–Crippen MR) is 66.2 cm³/mol. The molecule has 19 heavy (non-hydrogen) atoms. The number of hydrogen-bond donors (Lipinski definition) is 1. The van der Waals surface area contributed by atoms with Gasteiger partial charge in [0.15, 0.2) is 0 Å². The molecular formula is C15H13F3O. The van der Waals surface area contributed by atoms with Crippen LogP contribution in [0.25, 0.3) is 0 Å². The first-order chi connectivity index (χ1) is 8.80. The van der Waals surface area contributed by atoms with E-state index in [1.165, 1.54) is 19.1 Å². The van der Waals surface area contributed by atoms with Crippen molar-refractivity contribution in [1.29, 1.82) is 0 Å². The summed E-state index contributed by atoms with van der Waals surface area (Å²) >= 11 is 0. The highest BCUT2D eigenvalue weighted by Gasteiger charge is 2.29. The minimum absolute atomic E-state index is 0.0162. The molecule has 0 aliphatic rings. The van der Waals surface area contributed by atoms with E-state index >= 15 is 0 Å². The lowest BCUT2D eigenvalue weighted by Gasteiger charge is -2.25. The lowest BCUT2D eigenvalue weighted by Crippen LogP contribution is -2.25. The zero-order chi connectivity index (χ0) is 14.2. The van der Waals surface area contributed by atoms with Crippen molar-refractivity contribution in [3.63, 3.8) is 0 Å². The SMILES string of the molecule is Cc1ccc(F)c(C(C)(O)c2cc(F)cc(F)c2)c1. The molecule has 2 aromatic carbocycles. The Morgan fingerprint density at radius 2 is 1.53 bits per heavy atom. The molecular weight excluding hydrogens is 253 g/mol. The van der Waals surface area contributed by atoms with Crippen molar-refractivity contribution in [2.75, 3.05) is 0 Å². The molecule has 0 spiro atoms. The van der Waals surface area contributed by atoms with Gasteiger partial charge in [0.1, 0.15) is 23.1 Å². The van der Waals surface area contributed by atoms with E-state index in [0.717, 1.165) is 17.7 Å². The molecule has 4 heteroatoms. The van der Waals surface area contributed by atoms with E-state index in [1.807, 2.05) is 0 Å². The van der Waals surface area contributed by atoms with Crippen LogP contribution in [-0.4, -0.2) is 5.11 Å². The highest BCUT2D eigenvalue weighted by molar-refractivity contribution is 5.38. The Morgan fingerprint density at radius 1 is 0.947 bits per heavy atom. The normalized spacial score (nSPS) is 14.2. The van der Waals surface area contributed by atoms with Gasteiger partial charge in [-0.3, -0.25) is 0 Å². The number of rotatable bonds is 2. The van der Waals surface area contributed by atoms with Crippen LogP contribution in [0.2, 0.25) is 0 Å². The summed E-state index contributed by atoms with van der Waals surface area (Å²) in [6.45, 7) is 3.05. The van der Waals surface area contributed by atoms with E-state index in [9.17, 15) is 18.3 Å². The van der Waals surface area contributed by atoms with E-state index in [1.54, 1.807) is 13.0 Å². The zero-order valence-corrected chi connectivity index (χ0v) is 10.5. The van der Waals surface area contributed by atoms with E-state index < -0.39 is 23.1 Å². The minimum Gasteiger partial charge on any atom is -0.381 e. The van der Waals surface area contributed by atoms with Crippen LogP contribution < -0.4 is 0 Å². The van der Waals surface area contributed by atoms with Gasteiger partial charge >= 0.3 is 0 Å². The second-order valence-corrected chi connectivity index (χ2v) is 4.71. The summed E-state index contributed by atoms with van der Waals surface area (Å²) in [5, 5.41) is 10.4. The Morgan fingerprint density at radius 3 is 2.11 bits per heavy atom. The van der Waals surface area contributed by atoms with E-state index in [0.29, 0.717) is 6.07 Å². The number of benzene rings is 2. The van der Waals surface area contributed by atoms with Crippen LogP contribution in [0.15, 0.2) is 36.4 Å².